The van der Waals surface area contributed by atoms with Crippen LogP contribution in [0.25, 0.3) is 0 Å². The van der Waals surface area contributed by atoms with Gasteiger partial charge in [0.15, 0.2) is 0 Å². The molecule has 0 aromatic heterocycles. The molecule has 1 atom stereocenters. The molecular weight excluding hydrogens is 426 g/mol. The van der Waals surface area contributed by atoms with Gasteiger partial charge in [-0.2, -0.15) is 0 Å². The third-order valence-corrected chi connectivity index (χ3v) is 6.04. The molecule has 1 N–H and O–H groups in total. The lowest BCUT2D eigenvalue weighted by Gasteiger charge is -2.27. The summed E-state index contributed by atoms with van der Waals surface area (Å²) in [6.45, 7) is 4.88. The number of para-hydroxylation sites is 1. The fourth-order valence-corrected chi connectivity index (χ4v) is 4.12. The number of rotatable bonds is 7. The SMILES string of the molecule is CC(C)N(Cc1ccccc1)C(=O)c1ccc(NC(=O)C2CC(=O)N(c3ccccc3)C2)cc1. The van der Waals surface area contributed by atoms with Crippen molar-refractivity contribution in [2.24, 2.45) is 5.92 Å². The van der Waals surface area contributed by atoms with Gasteiger partial charge < -0.3 is 15.1 Å². The average Bonchev–Trinajstić information content (AvgIpc) is 3.25. The smallest absolute Gasteiger partial charge is 0.254 e. The van der Waals surface area contributed by atoms with Crippen molar-refractivity contribution in [3.8, 4) is 0 Å². The summed E-state index contributed by atoms with van der Waals surface area (Å²) >= 11 is 0. The van der Waals surface area contributed by atoms with Gasteiger partial charge in [-0.25, -0.2) is 0 Å². The highest BCUT2D eigenvalue weighted by molar-refractivity contribution is 6.03. The van der Waals surface area contributed by atoms with Crippen molar-refractivity contribution in [3.05, 3.63) is 96.1 Å². The van der Waals surface area contributed by atoms with Gasteiger partial charge in [-0.3, -0.25) is 14.4 Å². The van der Waals surface area contributed by atoms with Gasteiger partial charge in [0.05, 0.1) is 5.92 Å². The number of carbonyl (C=O) groups excluding carboxylic acids is 3. The highest BCUT2D eigenvalue weighted by Crippen LogP contribution is 2.26. The number of anilines is 2. The molecule has 0 radical (unpaired) electrons. The van der Waals surface area contributed by atoms with E-state index in [1.807, 2.05) is 79.4 Å². The quantitative estimate of drug-likeness (QED) is 0.560. The fourth-order valence-electron chi connectivity index (χ4n) is 4.12. The van der Waals surface area contributed by atoms with Crippen LogP contribution in [-0.4, -0.2) is 35.2 Å². The summed E-state index contributed by atoms with van der Waals surface area (Å²) in [6.07, 6.45) is 0.181. The number of nitrogens with zero attached hydrogens (tertiary/aromatic N) is 2. The monoisotopic (exact) mass is 455 g/mol. The standard InChI is InChI=1S/C28H29N3O3/c1-20(2)30(18-21-9-5-3-6-10-21)28(34)22-13-15-24(16-14-22)29-27(33)23-17-26(32)31(19-23)25-11-7-4-8-12-25/h3-16,20,23H,17-19H2,1-2H3,(H,29,33). The average molecular weight is 456 g/mol. The molecule has 3 amide bonds. The van der Waals surface area contributed by atoms with E-state index in [4.69, 9.17) is 0 Å². The summed E-state index contributed by atoms with van der Waals surface area (Å²) < 4.78 is 0. The van der Waals surface area contributed by atoms with Crippen molar-refractivity contribution in [2.75, 3.05) is 16.8 Å². The Morgan fingerprint density at radius 1 is 0.941 bits per heavy atom. The molecule has 1 fully saturated rings. The Balaban J connectivity index is 1.39. The summed E-state index contributed by atoms with van der Waals surface area (Å²) in [5, 5.41) is 2.89. The topological polar surface area (TPSA) is 69.7 Å². The van der Waals surface area contributed by atoms with E-state index in [2.05, 4.69) is 5.32 Å². The molecule has 3 aromatic carbocycles. The van der Waals surface area contributed by atoms with Crippen molar-refractivity contribution in [1.29, 1.82) is 0 Å². The predicted octanol–water partition coefficient (Wildman–Crippen LogP) is 4.73. The van der Waals surface area contributed by atoms with Crippen LogP contribution in [0.1, 0.15) is 36.2 Å². The summed E-state index contributed by atoms with van der Waals surface area (Å²) in [5.41, 5.74) is 3.04. The number of hydrogen-bond acceptors (Lipinski definition) is 3. The first kappa shape index (κ1) is 23.2. The predicted molar refractivity (Wildman–Crippen MR) is 133 cm³/mol. The van der Waals surface area contributed by atoms with E-state index < -0.39 is 5.92 Å². The van der Waals surface area contributed by atoms with Crippen LogP contribution in [0.2, 0.25) is 0 Å². The molecule has 34 heavy (non-hydrogen) atoms. The minimum atomic E-state index is -0.420. The first-order valence-corrected chi connectivity index (χ1v) is 11.5. The first-order valence-electron chi connectivity index (χ1n) is 11.5. The number of nitrogens with one attached hydrogen (secondary N) is 1. The third-order valence-electron chi connectivity index (χ3n) is 6.04. The highest BCUT2D eigenvalue weighted by Gasteiger charge is 2.35. The highest BCUT2D eigenvalue weighted by atomic mass is 16.2. The van der Waals surface area contributed by atoms with Gasteiger partial charge in [0.2, 0.25) is 11.8 Å². The lowest BCUT2D eigenvalue weighted by Crippen LogP contribution is -2.36. The zero-order chi connectivity index (χ0) is 24.1. The lowest BCUT2D eigenvalue weighted by atomic mass is 10.1. The number of hydrogen-bond donors (Lipinski definition) is 1. The van der Waals surface area contributed by atoms with Gasteiger partial charge in [0.1, 0.15) is 0 Å². The summed E-state index contributed by atoms with van der Waals surface area (Å²) in [4.78, 5) is 41.8. The van der Waals surface area contributed by atoms with E-state index in [1.165, 1.54) is 0 Å². The molecule has 0 saturated carbocycles. The Hall–Kier alpha value is -3.93. The Bertz CT molecular complexity index is 1140. The van der Waals surface area contributed by atoms with Crippen molar-refractivity contribution in [2.45, 2.75) is 32.9 Å². The maximum atomic E-state index is 13.1. The van der Waals surface area contributed by atoms with Crippen LogP contribution in [0.3, 0.4) is 0 Å². The van der Waals surface area contributed by atoms with Crippen molar-refractivity contribution in [1.82, 2.24) is 4.90 Å². The summed E-state index contributed by atoms with van der Waals surface area (Å²) in [7, 11) is 0. The zero-order valence-electron chi connectivity index (χ0n) is 19.5. The number of benzene rings is 3. The molecule has 1 heterocycles. The van der Waals surface area contributed by atoms with Gasteiger partial charge in [0.25, 0.3) is 5.91 Å². The maximum Gasteiger partial charge on any atom is 0.254 e. The van der Waals surface area contributed by atoms with Crippen LogP contribution in [0, 0.1) is 5.92 Å². The Morgan fingerprint density at radius 2 is 1.56 bits per heavy atom. The van der Waals surface area contributed by atoms with E-state index in [0.29, 0.717) is 24.3 Å². The normalized spacial score (nSPS) is 15.4. The third kappa shape index (κ3) is 5.34. The molecule has 1 aliphatic rings. The number of carbonyl (C=O) groups is 3. The van der Waals surface area contributed by atoms with Gasteiger partial charge in [-0.1, -0.05) is 48.5 Å². The van der Waals surface area contributed by atoms with Crippen molar-refractivity contribution < 1.29 is 14.4 Å². The molecular formula is C28H29N3O3. The molecule has 0 spiro atoms. The van der Waals surface area contributed by atoms with E-state index in [-0.39, 0.29) is 30.2 Å². The van der Waals surface area contributed by atoms with E-state index >= 15 is 0 Å². The minimum Gasteiger partial charge on any atom is -0.332 e. The summed E-state index contributed by atoms with van der Waals surface area (Å²) in [6, 6.07) is 26.2. The zero-order valence-corrected chi connectivity index (χ0v) is 19.5. The Kier molecular flexibility index (Phi) is 7.07. The van der Waals surface area contributed by atoms with Gasteiger partial charge in [0, 0.05) is 42.5 Å². The van der Waals surface area contributed by atoms with Crippen LogP contribution >= 0.6 is 0 Å². The molecule has 1 unspecified atom stereocenters. The molecule has 6 heteroatoms. The second-order valence-corrected chi connectivity index (χ2v) is 8.82. The summed E-state index contributed by atoms with van der Waals surface area (Å²) in [5.74, 6) is -0.730. The maximum absolute atomic E-state index is 13.1. The van der Waals surface area contributed by atoms with E-state index in [9.17, 15) is 14.4 Å². The second kappa shape index (κ2) is 10.3. The molecule has 0 aliphatic carbocycles. The molecule has 6 nitrogen and oxygen atoms in total. The van der Waals surface area contributed by atoms with Crippen LogP contribution in [-0.2, 0) is 16.1 Å². The molecule has 3 aromatic rings. The van der Waals surface area contributed by atoms with Crippen LogP contribution in [0.4, 0.5) is 11.4 Å². The van der Waals surface area contributed by atoms with Gasteiger partial charge in [-0.15, -0.1) is 0 Å². The Morgan fingerprint density at radius 3 is 2.18 bits per heavy atom. The van der Waals surface area contributed by atoms with Crippen LogP contribution in [0.5, 0.6) is 0 Å². The molecule has 1 aliphatic heterocycles. The Labute approximate surface area is 200 Å². The fraction of sp³-hybridized carbons (Fsp3) is 0.250. The molecule has 0 bridgehead atoms. The second-order valence-electron chi connectivity index (χ2n) is 8.82. The van der Waals surface area contributed by atoms with Gasteiger partial charge in [-0.05, 0) is 55.8 Å². The van der Waals surface area contributed by atoms with Gasteiger partial charge >= 0.3 is 0 Å². The molecule has 4 rings (SSSR count). The van der Waals surface area contributed by atoms with Crippen LogP contribution < -0.4 is 10.2 Å². The van der Waals surface area contributed by atoms with Crippen LogP contribution in [0.15, 0.2) is 84.9 Å². The van der Waals surface area contributed by atoms with Crippen molar-refractivity contribution in [3.63, 3.8) is 0 Å². The van der Waals surface area contributed by atoms with E-state index in [0.717, 1.165) is 11.3 Å². The minimum absolute atomic E-state index is 0.0412. The largest absolute Gasteiger partial charge is 0.332 e. The number of amides is 3. The van der Waals surface area contributed by atoms with E-state index in [1.54, 1.807) is 29.2 Å². The first-order chi connectivity index (χ1) is 16.4. The van der Waals surface area contributed by atoms with Crippen molar-refractivity contribution >= 4 is 29.1 Å². The lowest BCUT2D eigenvalue weighted by molar-refractivity contribution is -0.122. The molecule has 1 saturated heterocycles. The molecule has 174 valence electrons.